The number of carbonyl (C=O) groups is 4. The van der Waals surface area contributed by atoms with Gasteiger partial charge in [-0.25, -0.2) is 9.59 Å². The maximum atomic E-state index is 11.6. The molecule has 0 spiro atoms. The topological polar surface area (TPSA) is 124 Å². The molecule has 2 heterocycles. The van der Waals surface area contributed by atoms with Gasteiger partial charge in [-0.2, -0.15) is 0 Å². The first-order valence-corrected chi connectivity index (χ1v) is 5.51. The van der Waals surface area contributed by atoms with Crippen LogP contribution in [0.25, 0.3) is 11.1 Å². The van der Waals surface area contributed by atoms with Gasteiger partial charge in [-0.05, 0) is 12.1 Å². The Balaban J connectivity index is 2.71. The normalized spacial score (nSPS) is 10.1. The van der Waals surface area contributed by atoms with Crippen LogP contribution < -0.4 is 0 Å². The molecule has 1 N–H and O–H groups in total. The van der Waals surface area contributed by atoms with Crippen LogP contribution in [0.1, 0.15) is 42.2 Å². The third-order valence-corrected chi connectivity index (χ3v) is 2.59. The van der Waals surface area contributed by atoms with Gasteiger partial charge in [0.2, 0.25) is 11.5 Å². The molecule has 0 bridgehead atoms. The monoisotopic (exact) mass is 292 g/mol. The second-order valence-corrected chi connectivity index (χ2v) is 3.82. The number of carbonyl (C=O) groups excluding carboxylic acids is 3. The summed E-state index contributed by atoms with van der Waals surface area (Å²) in [5.41, 5.74) is -0.0833. The Labute approximate surface area is 116 Å². The molecule has 0 amide bonds. The lowest BCUT2D eigenvalue weighted by molar-refractivity contribution is 0.0563. The number of carboxylic acids is 1. The van der Waals surface area contributed by atoms with E-state index in [1.807, 2.05) is 0 Å². The Kier molecular flexibility index (Phi) is 3.70. The minimum atomic E-state index is -1.44. The van der Waals surface area contributed by atoms with Crippen LogP contribution in [0.2, 0.25) is 0 Å². The van der Waals surface area contributed by atoms with Crippen molar-refractivity contribution in [1.29, 1.82) is 0 Å². The summed E-state index contributed by atoms with van der Waals surface area (Å²) in [5.74, 6) is -3.70. The first kappa shape index (κ1) is 14.3. The predicted octanol–water partition coefficient (Wildman–Crippen LogP) is 1.65. The summed E-state index contributed by atoms with van der Waals surface area (Å²) >= 11 is 0. The van der Waals surface area contributed by atoms with Gasteiger partial charge in [0, 0.05) is 11.1 Å². The first-order chi connectivity index (χ1) is 10.0. The zero-order valence-electron chi connectivity index (χ0n) is 10.6. The molecule has 0 atom stereocenters. The molecule has 8 nitrogen and oxygen atoms in total. The molecule has 0 aliphatic rings. The molecule has 108 valence electrons. The Morgan fingerprint density at radius 1 is 1.05 bits per heavy atom. The number of carboxylic acid groups (broad SMARTS) is 1. The Hall–Kier alpha value is -3.16. The van der Waals surface area contributed by atoms with Crippen molar-refractivity contribution in [2.24, 2.45) is 0 Å². The summed E-state index contributed by atoms with van der Waals surface area (Å²) in [5, 5.41) is 9.06. The Bertz CT molecular complexity index is 733. The highest BCUT2D eigenvalue weighted by Gasteiger charge is 2.27. The molecule has 2 aromatic heterocycles. The quantitative estimate of drug-likeness (QED) is 0.651. The van der Waals surface area contributed by atoms with E-state index in [2.05, 4.69) is 4.74 Å². The van der Waals surface area contributed by atoms with E-state index in [0.29, 0.717) is 12.6 Å². The second-order valence-electron chi connectivity index (χ2n) is 3.82. The van der Waals surface area contributed by atoms with Gasteiger partial charge in [0.15, 0.2) is 24.1 Å². The fourth-order valence-corrected chi connectivity index (χ4v) is 1.74. The molecule has 2 aromatic rings. The van der Waals surface area contributed by atoms with Gasteiger partial charge in [0.1, 0.15) is 0 Å². The van der Waals surface area contributed by atoms with Gasteiger partial charge in [-0.15, -0.1) is 0 Å². The lowest BCUT2D eigenvalue weighted by atomic mass is 10.1. The van der Waals surface area contributed by atoms with E-state index in [1.165, 1.54) is 0 Å². The van der Waals surface area contributed by atoms with Crippen LogP contribution in [0.3, 0.4) is 0 Å². The number of hydrogen-bond donors (Lipinski definition) is 1. The number of aromatic carboxylic acids is 1. The fourth-order valence-electron chi connectivity index (χ4n) is 1.74. The van der Waals surface area contributed by atoms with Gasteiger partial charge in [-0.3, -0.25) is 9.59 Å². The van der Waals surface area contributed by atoms with Gasteiger partial charge in [-0.1, -0.05) is 0 Å². The average Bonchev–Trinajstić information content (AvgIpc) is 3.09. The standard InChI is InChI=1S/C13H8O8/c1-19-13(18)11-9(3-7(5-15)21-11)8-2-6(4-14)20-10(8)12(16)17/h2-5H,1H3,(H,16,17). The number of ether oxygens (including phenoxy) is 1. The fraction of sp³-hybridized carbons (Fsp3) is 0.0769. The largest absolute Gasteiger partial charge is 0.475 e. The van der Waals surface area contributed by atoms with Crippen molar-refractivity contribution < 1.29 is 37.9 Å². The van der Waals surface area contributed by atoms with Crippen molar-refractivity contribution in [2.45, 2.75) is 0 Å². The summed E-state index contributed by atoms with van der Waals surface area (Å²) in [6, 6.07) is 2.29. The summed E-state index contributed by atoms with van der Waals surface area (Å²) < 4.78 is 14.3. The molecule has 8 heteroatoms. The average molecular weight is 292 g/mol. The SMILES string of the molecule is COC(=O)c1oc(C=O)cc1-c1cc(C=O)oc1C(=O)O. The van der Waals surface area contributed by atoms with Gasteiger partial charge in [0.25, 0.3) is 0 Å². The summed E-state index contributed by atoms with van der Waals surface area (Å²) in [6.45, 7) is 0. The third kappa shape index (κ3) is 2.46. The van der Waals surface area contributed by atoms with Crippen LogP contribution in [0.5, 0.6) is 0 Å². The summed E-state index contributed by atoms with van der Waals surface area (Å²) in [4.78, 5) is 44.2. The third-order valence-electron chi connectivity index (χ3n) is 2.59. The van der Waals surface area contributed by atoms with Crippen molar-refractivity contribution in [3.05, 3.63) is 35.2 Å². The molecular weight excluding hydrogens is 284 g/mol. The maximum Gasteiger partial charge on any atom is 0.374 e. The van der Waals surface area contributed by atoms with Crippen LogP contribution in [-0.2, 0) is 4.74 Å². The number of esters is 1. The van der Waals surface area contributed by atoms with Gasteiger partial charge < -0.3 is 18.7 Å². The number of methoxy groups -OCH3 is 1. The van der Waals surface area contributed by atoms with E-state index in [4.69, 9.17) is 13.9 Å². The molecule has 0 fully saturated rings. The molecule has 21 heavy (non-hydrogen) atoms. The lowest BCUT2D eigenvalue weighted by Crippen LogP contribution is -2.02. The second kappa shape index (κ2) is 5.45. The van der Waals surface area contributed by atoms with Crippen LogP contribution in [0.15, 0.2) is 21.0 Å². The Morgan fingerprint density at radius 3 is 1.95 bits per heavy atom. The minimum absolute atomic E-state index is 0.0156. The molecule has 0 saturated carbocycles. The van der Waals surface area contributed by atoms with Crippen LogP contribution in [-0.4, -0.2) is 36.7 Å². The zero-order chi connectivity index (χ0) is 15.6. The maximum absolute atomic E-state index is 11.6. The van der Waals surface area contributed by atoms with Crippen LogP contribution >= 0.6 is 0 Å². The molecule has 0 aliphatic carbocycles. The van der Waals surface area contributed by atoms with E-state index in [0.717, 1.165) is 19.2 Å². The van der Waals surface area contributed by atoms with Crippen molar-refractivity contribution >= 4 is 24.5 Å². The molecular formula is C13H8O8. The van der Waals surface area contributed by atoms with E-state index in [9.17, 15) is 19.2 Å². The molecule has 0 aliphatic heterocycles. The molecule has 0 radical (unpaired) electrons. The number of furan rings is 2. The van der Waals surface area contributed by atoms with Crippen molar-refractivity contribution in [1.82, 2.24) is 0 Å². The van der Waals surface area contributed by atoms with E-state index < -0.39 is 17.7 Å². The van der Waals surface area contributed by atoms with Gasteiger partial charge in [0.05, 0.1) is 7.11 Å². The predicted molar refractivity (Wildman–Crippen MR) is 65.5 cm³/mol. The van der Waals surface area contributed by atoms with Gasteiger partial charge >= 0.3 is 11.9 Å². The van der Waals surface area contributed by atoms with Crippen molar-refractivity contribution in [3.63, 3.8) is 0 Å². The lowest BCUT2D eigenvalue weighted by Gasteiger charge is -1.99. The molecule has 0 saturated heterocycles. The highest BCUT2D eigenvalue weighted by molar-refractivity contribution is 6.01. The number of hydrogen-bond acceptors (Lipinski definition) is 7. The highest BCUT2D eigenvalue weighted by Crippen LogP contribution is 2.32. The summed E-state index contributed by atoms with van der Waals surface area (Å²) in [7, 11) is 1.10. The smallest absolute Gasteiger partial charge is 0.374 e. The highest BCUT2D eigenvalue weighted by atomic mass is 16.5. The number of rotatable bonds is 5. The van der Waals surface area contributed by atoms with Crippen molar-refractivity contribution in [2.75, 3.05) is 7.11 Å². The van der Waals surface area contributed by atoms with E-state index in [-0.39, 0.29) is 28.4 Å². The first-order valence-electron chi connectivity index (χ1n) is 5.51. The summed E-state index contributed by atoms with van der Waals surface area (Å²) in [6.07, 6.45) is 0.658. The van der Waals surface area contributed by atoms with Crippen LogP contribution in [0, 0.1) is 0 Å². The molecule has 2 rings (SSSR count). The number of aldehydes is 2. The minimum Gasteiger partial charge on any atom is -0.475 e. The van der Waals surface area contributed by atoms with E-state index in [1.54, 1.807) is 0 Å². The van der Waals surface area contributed by atoms with Crippen molar-refractivity contribution in [3.8, 4) is 11.1 Å². The van der Waals surface area contributed by atoms with E-state index >= 15 is 0 Å². The molecule has 0 unspecified atom stereocenters. The Morgan fingerprint density at radius 2 is 1.52 bits per heavy atom. The molecule has 0 aromatic carbocycles. The van der Waals surface area contributed by atoms with Crippen LogP contribution in [0.4, 0.5) is 0 Å². The zero-order valence-corrected chi connectivity index (χ0v) is 10.6.